The molecule has 4 atom stereocenters. The van der Waals surface area contributed by atoms with Gasteiger partial charge in [-0.15, -0.1) is 0 Å². The maximum atomic E-state index is 10.7. The quantitative estimate of drug-likeness (QED) is 0.559. The summed E-state index contributed by atoms with van der Waals surface area (Å²) in [7, 11) is 0. The van der Waals surface area contributed by atoms with E-state index in [2.05, 4.69) is 0 Å². The lowest BCUT2D eigenvalue weighted by molar-refractivity contribution is -0.119. The van der Waals surface area contributed by atoms with E-state index in [-0.39, 0.29) is 30.5 Å². The van der Waals surface area contributed by atoms with Gasteiger partial charge in [-0.2, -0.15) is 0 Å². The molecular formula is C8H13NO4. The first-order valence-corrected chi connectivity index (χ1v) is 4.38. The van der Waals surface area contributed by atoms with Gasteiger partial charge in [0.2, 0.25) is 5.91 Å². The Hall–Kier alpha value is -0.650. The SMILES string of the molecule is NC(=O)C[C@H]1CO[C@H]2[C@@H]1OC[C@H]2O. The fraction of sp³-hybridized carbons (Fsp3) is 0.875. The molecule has 0 spiro atoms. The van der Waals surface area contributed by atoms with Crippen molar-refractivity contribution in [2.45, 2.75) is 24.7 Å². The molecule has 0 aromatic heterocycles. The fourth-order valence-electron chi connectivity index (χ4n) is 1.99. The van der Waals surface area contributed by atoms with Crippen LogP contribution in [-0.2, 0) is 14.3 Å². The molecule has 2 rings (SSSR count). The number of amides is 1. The van der Waals surface area contributed by atoms with Gasteiger partial charge in [-0.05, 0) is 0 Å². The molecule has 1 amide bonds. The van der Waals surface area contributed by atoms with Crippen molar-refractivity contribution in [1.29, 1.82) is 0 Å². The van der Waals surface area contributed by atoms with Crippen molar-refractivity contribution in [3.8, 4) is 0 Å². The second kappa shape index (κ2) is 3.25. The molecule has 2 aliphatic heterocycles. The summed E-state index contributed by atoms with van der Waals surface area (Å²) in [5, 5.41) is 9.39. The van der Waals surface area contributed by atoms with Crippen molar-refractivity contribution in [2.24, 2.45) is 11.7 Å². The van der Waals surface area contributed by atoms with Crippen LogP contribution >= 0.6 is 0 Å². The monoisotopic (exact) mass is 187 g/mol. The van der Waals surface area contributed by atoms with Crippen LogP contribution in [0.5, 0.6) is 0 Å². The third-order valence-electron chi connectivity index (χ3n) is 2.59. The predicted octanol–water partition coefficient (Wildman–Crippen LogP) is -1.36. The summed E-state index contributed by atoms with van der Waals surface area (Å²) in [6.45, 7) is 0.750. The van der Waals surface area contributed by atoms with Crippen LogP contribution in [0, 0.1) is 5.92 Å². The number of aliphatic hydroxyl groups excluding tert-OH is 1. The Morgan fingerprint density at radius 1 is 1.38 bits per heavy atom. The molecule has 13 heavy (non-hydrogen) atoms. The highest BCUT2D eigenvalue weighted by Gasteiger charge is 2.47. The Morgan fingerprint density at radius 2 is 2.08 bits per heavy atom. The molecular weight excluding hydrogens is 174 g/mol. The molecule has 0 aliphatic carbocycles. The Morgan fingerprint density at radius 3 is 2.77 bits per heavy atom. The highest BCUT2D eigenvalue weighted by atomic mass is 16.6. The van der Waals surface area contributed by atoms with Crippen molar-refractivity contribution in [2.75, 3.05) is 13.2 Å². The van der Waals surface area contributed by atoms with Crippen LogP contribution in [0.25, 0.3) is 0 Å². The number of rotatable bonds is 2. The van der Waals surface area contributed by atoms with Gasteiger partial charge in [0.05, 0.1) is 19.3 Å². The number of aliphatic hydroxyl groups is 1. The fourth-order valence-corrected chi connectivity index (χ4v) is 1.99. The maximum Gasteiger partial charge on any atom is 0.217 e. The maximum absolute atomic E-state index is 10.7. The lowest BCUT2D eigenvalue weighted by Gasteiger charge is -2.13. The second-order valence-electron chi connectivity index (χ2n) is 3.59. The van der Waals surface area contributed by atoms with Crippen LogP contribution in [0.15, 0.2) is 0 Å². The van der Waals surface area contributed by atoms with Crippen molar-refractivity contribution in [1.82, 2.24) is 0 Å². The van der Waals surface area contributed by atoms with Gasteiger partial charge in [0.1, 0.15) is 12.2 Å². The Labute approximate surface area is 75.8 Å². The first kappa shape index (κ1) is 8.93. The molecule has 5 nitrogen and oxygen atoms in total. The molecule has 0 unspecified atom stereocenters. The minimum Gasteiger partial charge on any atom is -0.388 e. The molecule has 2 aliphatic rings. The first-order chi connectivity index (χ1) is 6.18. The molecule has 0 aromatic rings. The molecule has 74 valence electrons. The number of hydrogen-bond donors (Lipinski definition) is 2. The van der Waals surface area contributed by atoms with E-state index < -0.39 is 6.10 Å². The topological polar surface area (TPSA) is 81.8 Å². The number of primary amides is 1. The number of ether oxygens (including phenoxy) is 2. The zero-order chi connectivity index (χ0) is 9.42. The third kappa shape index (κ3) is 1.54. The van der Waals surface area contributed by atoms with Gasteiger partial charge in [-0.3, -0.25) is 4.79 Å². The Bertz CT molecular complexity index is 220. The number of nitrogens with two attached hydrogens (primary N) is 1. The average molecular weight is 187 g/mol. The van der Waals surface area contributed by atoms with Gasteiger partial charge in [0.25, 0.3) is 0 Å². The predicted molar refractivity (Wildman–Crippen MR) is 42.8 cm³/mol. The zero-order valence-corrected chi connectivity index (χ0v) is 7.18. The summed E-state index contributed by atoms with van der Waals surface area (Å²) in [5.74, 6) is -0.334. The van der Waals surface area contributed by atoms with Gasteiger partial charge < -0.3 is 20.3 Å². The van der Waals surface area contributed by atoms with Gasteiger partial charge in [-0.1, -0.05) is 0 Å². The summed E-state index contributed by atoms with van der Waals surface area (Å²) in [6, 6.07) is 0. The Kier molecular flexibility index (Phi) is 2.23. The van der Waals surface area contributed by atoms with Crippen molar-refractivity contribution in [3.63, 3.8) is 0 Å². The minimum absolute atomic E-state index is 0.0136. The van der Waals surface area contributed by atoms with Gasteiger partial charge in [0, 0.05) is 12.3 Å². The average Bonchev–Trinajstić information content (AvgIpc) is 2.56. The minimum atomic E-state index is -0.553. The normalized spacial score (nSPS) is 43.5. The molecule has 2 saturated heterocycles. The second-order valence-corrected chi connectivity index (χ2v) is 3.59. The molecule has 5 heteroatoms. The number of fused-ring (bicyclic) bond motifs is 1. The molecule has 0 aromatic carbocycles. The summed E-state index contributed by atoms with van der Waals surface area (Å²) in [6.07, 6.45) is -0.692. The van der Waals surface area contributed by atoms with Crippen LogP contribution in [0.4, 0.5) is 0 Å². The third-order valence-corrected chi connectivity index (χ3v) is 2.59. The van der Waals surface area contributed by atoms with E-state index >= 15 is 0 Å². The molecule has 0 bridgehead atoms. The Balaban J connectivity index is 1.98. The van der Waals surface area contributed by atoms with E-state index in [1.807, 2.05) is 0 Å². The van der Waals surface area contributed by atoms with E-state index in [1.165, 1.54) is 0 Å². The summed E-state index contributed by atoms with van der Waals surface area (Å²) in [5.41, 5.74) is 5.08. The van der Waals surface area contributed by atoms with Crippen molar-refractivity contribution >= 4 is 5.91 Å². The van der Waals surface area contributed by atoms with E-state index in [9.17, 15) is 9.90 Å². The number of hydrogen-bond acceptors (Lipinski definition) is 4. The standard InChI is InChI=1S/C8H13NO4/c9-6(11)1-4-2-12-8-5(10)3-13-7(4)8/h4-5,7-8,10H,1-3H2,(H2,9,11)/t4-,5+,7+,8+/m0/s1. The first-order valence-electron chi connectivity index (χ1n) is 4.38. The van der Waals surface area contributed by atoms with Gasteiger partial charge in [-0.25, -0.2) is 0 Å². The van der Waals surface area contributed by atoms with Crippen LogP contribution in [0.3, 0.4) is 0 Å². The smallest absolute Gasteiger partial charge is 0.217 e. The number of carbonyl (C=O) groups is 1. The summed E-state index contributed by atoms with van der Waals surface area (Å²) < 4.78 is 10.6. The number of carbonyl (C=O) groups excluding carboxylic acids is 1. The van der Waals surface area contributed by atoms with Gasteiger partial charge in [0.15, 0.2) is 0 Å². The summed E-state index contributed by atoms with van der Waals surface area (Å²) in [4.78, 5) is 10.7. The molecule has 2 heterocycles. The highest BCUT2D eigenvalue weighted by molar-refractivity contribution is 5.74. The van der Waals surface area contributed by atoms with Crippen LogP contribution in [0.2, 0.25) is 0 Å². The zero-order valence-electron chi connectivity index (χ0n) is 7.18. The lowest BCUT2D eigenvalue weighted by atomic mass is 9.98. The lowest BCUT2D eigenvalue weighted by Crippen LogP contribution is -2.30. The summed E-state index contributed by atoms with van der Waals surface area (Å²) >= 11 is 0. The van der Waals surface area contributed by atoms with E-state index in [4.69, 9.17) is 15.2 Å². The van der Waals surface area contributed by atoms with Crippen LogP contribution in [0.1, 0.15) is 6.42 Å². The highest BCUT2D eigenvalue weighted by Crippen LogP contribution is 2.32. The largest absolute Gasteiger partial charge is 0.388 e. The molecule has 0 saturated carbocycles. The van der Waals surface area contributed by atoms with E-state index in [0.29, 0.717) is 13.2 Å². The molecule has 3 N–H and O–H groups in total. The van der Waals surface area contributed by atoms with E-state index in [0.717, 1.165) is 0 Å². The van der Waals surface area contributed by atoms with Crippen molar-refractivity contribution < 1.29 is 19.4 Å². The van der Waals surface area contributed by atoms with Crippen LogP contribution < -0.4 is 5.73 Å². The van der Waals surface area contributed by atoms with Gasteiger partial charge >= 0.3 is 0 Å². The van der Waals surface area contributed by atoms with Crippen LogP contribution in [-0.4, -0.2) is 42.5 Å². The van der Waals surface area contributed by atoms with Crippen molar-refractivity contribution in [3.05, 3.63) is 0 Å². The molecule has 0 radical (unpaired) electrons. The molecule has 2 fully saturated rings. The van der Waals surface area contributed by atoms with E-state index in [1.54, 1.807) is 0 Å².